The van der Waals surface area contributed by atoms with Crippen molar-refractivity contribution in [2.45, 2.75) is 33.1 Å². The molecule has 1 heterocycles. The maximum atomic E-state index is 12.2. The minimum atomic E-state index is -4.73. The SMILES string of the molecule is Cc1cc(C)n(-c2ccc(CCNC(=O)Cc3ccc(OC(F)(F)F)cc3)cc2)n1. The molecule has 30 heavy (non-hydrogen) atoms. The topological polar surface area (TPSA) is 56.2 Å². The summed E-state index contributed by atoms with van der Waals surface area (Å²) in [5, 5.41) is 7.28. The quantitative estimate of drug-likeness (QED) is 0.624. The first-order valence-electron chi connectivity index (χ1n) is 9.43. The lowest BCUT2D eigenvalue weighted by atomic mass is 10.1. The summed E-state index contributed by atoms with van der Waals surface area (Å²) in [4.78, 5) is 12.1. The van der Waals surface area contributed by atoms with Gasteiger partial charge in [-0.25, -0.2) is 4.68 Å². The second-order valence-electron chi connectivity index (χ2n) is 6.97. The van der Waals surface area contributed by atoms with Gasteiger partial charge < -0.3 is 10.1 Å². The lowest BCUT2D eigenvalue weighted by Crippen LogP contribution is -2.27. The van der Waals surface area contributed by atoms with Crippen molar-refractivity contribution >= 4 is 5.91 Å². The molecule has 1 amide bonds. The normalized spacial score (nSPS) is 11.4. The van der Waals surface area contributed by atoms with Crippen LogP contribution in [0.1, 0.15) is 22.5 Å². The molecular weight excluding hydrogens is 395 g/mol. The third-order valence-electron chi connectivity index (χ3n) is 4.45. The number of nitrogens with one attached hydrogen (secondary N) is 1. The average Bonchev–Trinajstić information content (AvgIpc) is 3.01. The van der Waals surface area contributed by atoms with Crippen LogP contribution >= 0.6 is 0 Å². The summed E-state index contributed by atoms with van der Waals surface area (Å²) in [5.74, 6) is -0.505. The number of aromatic nitrogens is 2. The largest absolute Gasteiger partial charge is 0.573 e. The van der Waals surface area contributed by atoms with E-state index in [1.807, 2.05) is 48.9 Å². The standard InChI is InChI=1S/C22H22F3N3O2/c1-15-13-16(2)28(27-15)19-7-3-17(4-8-19)11-12-26-21(29)14-18-5-9-20(10-6-18)30-22(23,24)25/h3-10,13H,11-12,14H2,1-2H3,(H,26,29). The summed E-state index contributed by atoms with van der Waals surface area (Å²) in [6.45, 7) is 4.42. The molecule has 3 rings (SSSR count). The van der Waals surface area contributed by atoms with Crippen LogP contribution in [0.4, 0.5) is 13.2 Å². The van der Waals surface area contributed by atoms with Gasteiger partial charge in [-0.3, -0.25) is 4.79 Å². The Hall–Kier alpha value is -3.29. The molecule has 3 aromatic rings. The molecule has 5 nitrogen and oxygen atoms in total. The summed E-state index contributed by atoms with van der Waals surface area (Å²) < 4.78 is 42.2. The number of carbonyl (C=O) groups is 1. The van der Waals surface area contributed by atoms with Crippen LogP contribution < -0.4 is 10.1 Å². The van der Waals surface area contributed by atoms with Gasteiger partial charge >= 0.3 is 6.36 Å². The van der Waals surface area contributed by atoms with Crippen LogP contribution in [0.25, 0.3) is 5.69 Å². The molecule has 0 spiro atoms. The van der Waals surface area contributed by atoms with Gasteiger partial charge in [0, 0.05) is 12.2 Å². The molecule has 0 atom stereocenters. The molecule has 0 saturated carbocycles. The number of alkyl halides is 3. The molecule has 0 saturated heterocycles. The number of benzene rings is 2. The molecule has 2 aromatic carbocycles. The van der Waals surface area contributed by atoms with E-state index < -0.39 is 6.36 Å². The third-order valence-corrected chi connectivity index (χ3v) is 4.45. The fourth-order valence-electron chi connectivity index (χ4n) is 3.10. The van der Waals surface area contributed by atoms with Crippen LogP contribution in [-0.4, -0.2) is 28.6 Å². The molecule has 0 aliphatic heterocycles. The highest BCUT2D eigenvalue weighted by Crippen LogP contribution is 2.22. The second kappa shape index (κ2) is 9.02. The first-order valence-corrected chi connectivity index (χ1v) is 9.43. The first-order chi connectivity index (χ1) is 14.2. The monoisotopic (exact) mass is 417 g/mol. The fourth-order valence-corrected chi connectivity index (χ4v) is 3.10. The smallest absolute Gasteiger partial charge is 0.406 e. The highest BCUT2D eigenvalue weighted by atomic mass is 19.4. The maximum Gasteiger partial charge on any atom is 0.573 e. The molecule has 0 aliphatic carbocycles. The van der Waals surface area contributed by atoms with Gasteiger partial charge in [0.2, 0.25) is 5.91 Å². The summed E-state index contributed by atoms with van der Waals surface area (Å²) in [6, 6.07) is 15.3. The van der Waals surface area contributed by atoms with Crippen LogP contribution in [0.2, 0.25) is 0 Å². The summed E-state index contributed by atoms with van der Waals surface area (Å²) in [6.07, 6.45) is -3.97. The molecule has 8 heteroatoms. The number of nitrogens with zero attached hydrogens (tertiary/aromatic N) is 2. The maximum absolute atomic E-state index is 12.2. The Balaban J connectivity index is 1.46. The summed E-state index contributed by atoms with van der Waals surface area (Å²) >= 11 is 0. The van der Waals surface area contributed by atoms with E-state index in [4.69, 9.17) is 0 Å². The van der Waals surface area contributed by atoms with Gasteiger partial charge in [-0.05, 0) is 61.7 Å². The van der Waals surface area contributed by atoms with Crippen molar-refractivity contribution in [1.29, 1.82) is 0 Å². The minimum Gasteiger partial charge on any atom is -0.406 e. The Kier molecular flexibility index (Phi) is 6.44. The number of halogens is 3. The molecule has 0 fully saturated rings. The molecule has 0 bridgehead atoms. The Morgan fingerprint density at radius 3 is 2.23 bits per heavy atom. The average molecular weight is 417 g/mol. The molecular formula is C22H22F3N3O2. The summed E-state index contributed by atoms with van der Waals surface area (Å²) in [5.41, 5.74) is 4.68. The third kappa shape index (κ3) is 6.10. The molecule has 158 valence electrons. The van der Waals surface area contributed by atoms with Crippen molar-refractivity contribution in [1.82, 2.24) is 15.1 Å². The van der Waals surface area contributed by atoms with E-state index in [2.05, 4.69) is 15.2 Å². The van der Waals surface area contributed by atoms with Gasteiger partial charge in [0.15, 0.2) is 0 Å². The fraction of sp³-hybridized carbons (Fsp3) is 0.273. The van der Waals surface area contributed by atoms with Crippen molar-refractivity contribution in [2.24, 2.45) is 0 Å². The number of hydrogen-bond acceptors (Lipinski definition) is 3. The van der Waals surface area contributed by atoms with Crippen molar-refractivity contribution < 1.29 is 22.7 Å². The predicted octanol–water partition coefficient (Wildman–Crippen LogP) is 4.29. The van der Waals surface area contributed by atoms with E-state index >= 15 is 0 Å². The van der Waals surface area contributed by atoms with Crippen LogP contribution in [-0.2, 0) is 17.6 Å². The van der Waals surface area contributed by atoms with Crippen molar-refractivity contribution in [3.8, 4) is 11.4 Å². The summed E-state index contributed by atoms with van der Waals surface area (Å²) in [7, 11) is 0. The Labute approximate surface area is 172 Å². The number of hydrogen-bond donors (Lipinski definition) is 1. The van der Waals surface area contributed by atoms with Gasteiger partial charge in [0.1, 0.15) is 5.75 Å². The zero-order chi connectivity index (χ0) is 21.7. The second-order valence-corrected chi connectivity index (χ2v) is 6.97. The molecule has 0 radical (unpaired) electrons. The van der Waals surface area contributed by atoms with Crippen molar-refractivity contribution in [3.05, 3.63) is 77.1 Å². The number of aryl methyl sites for hydroxylation is 2. The van der Waals surface area contributed by atoms with Crippen LogP contribution in [0.5, 0.6) is 5.75 Å². The molecule has 0 unspecified atom stereocenters. The van der Waals surface area contributed by atoms with Crippen molar-refractivity contribution in [2.75, 3.05) is 6.54 Å². The van der Waals surface area contributed by atoms with Crippen LogP contribution in [0.3, 0.4) is 0 Å². The van der Waals surface area contributed by atoms with Gasteiger partial charge in [0.05, 0.1) is 17.8 Å². The van der Waals surface area contributed by atoms with Gasteiger partial charge in [0.25, 0.3) is 0 Å². The predicted molar refractivity (Wildman–Crippen MR) is 107 cm³/mol. The zero-order valence-electron chi connectivity index (χ0n) is 16.7. The van der Waals surface area contributed by atoms with E-state index in [1.54, 1.807) is 0 Å². The van der Waals surface area contributed by atoms with E-state index in [-0.39, 0.29) is 18.1 Å². The first kappa shape index (κ1) is 21.4. The number of rotatable bonds is 7. The number of carbonyl (C=O) groups excluding carboxylic acids is 1. The van der Waals surface area contributed by atoms with E-state index in [0.717, 1.165) is 22.6 Å². The van der Waals surface area contributed by atoms with Gasteiger partial charge in [-0.1, -0.05) is 24.3 Å². The van der Waals surface area contributed by atoms with Crippen molar-refractivity contribution in [3.63, 3.8) is 0 Å². The lowest BCUT2D eigenvalue weighted by molar-refractivity contribution is -0.274. The van der Waals surface area contributed by atoms with Gasteiger partial charge in [-0.15, -0.1) is 13.2 Å². The Morgan fingerprint density at radius 2 is 1.67 bits per heavy atom. The van der Waals surface area contributed by atoms with E-state index in [1.165, 1.54) is 24.3 Å². The zero-order valence-corrected chi connectivity index (χ0v) is 16.7. The number of amides is 1. The molecule has 0 aliphatic rings. The van der Waals surface area contributed by atoms with E-state index in [0.29, 0.717) is 18.5 Å². The van der Waals surface area contributed by atoms with E-state index in [9.17, 15) is 18.0 Å². The Morgan fingerprint density at radius 1 is 1.03 bits per heavy atom. The van der Waals surface area contributed by atoms with Gasteiger partial charge in [-0.2, -0.15) is 5.10 Å². The lowest BCUT2D eigenvalue weighted by Gasteiger charge is -2.10. The van der Waals surface area contributed by atoms with Crippen LogP contribution in [0.15, 0.2) is 54.6 Å². The van der Waals surface area contributed by atoms with Crippen LogP contribution in [0, 0.1) is 13.8 Å². The number of ether oxygens (including phenoxy) is 1. The minimum absolute atomic E-state index is 0.0865. The molecule has 1 N–H and O–H groups in total. The highest BCUT2D eigenvalue weighted by Gasteiger charge is 2.30. The molecule has 1 aromatic heterocycles. The highest BCUT2D eigenvalue weighted by molar-refractivity contribution is 5.78. The Bertz CT molecular complexity index is 994.